The van der Waals surface area contributed by atoms with E-state index in [-0.39, 0.29) is 30.0 Å². The van der Waals surface area contributed by atoms with Gasteiger partial charge in [0.15, 0.2) is 0 Å². The van der Waals surface area contributed by atoms with Gasteiger partial charge < -0.3 is 20.4 Å². The predicted octanol–water partition coefficient (Wildman–Crippen LogP) is 4.65. The van der Waals surface area contributed by atoms with Gasteiger partial charge in [0.25, 0.3) is 5.91 Å². The zero-order valence-corrected chi connectivity index (χ0v) is 27.0. The van der Waals surface area contributed by atoms with Gasteiger partial charge in [0.1, 0.15) is 11.6 Å². The van der Waals surface area contributed by atoms with Crippen LogP contribution >= 0.6 is 11.3 Å². The molecule has 0 spiro atoms. The molecule has 1 aromatic heterocycles. The summed E-state index contributed by atoms with van der Waals surface area (Å²) in [5.41, 5.74) is -0.283. The number of amides is 3. The van der Waals surface area contributed by atoms with Crippen LogP contribution in [-0.2, 0) is 16.1 Å². The van der Waals surface area contributed by atoms with Gasteiger partial charge in [0.05, 0.1) is 24.1 Å². The summed E-state index contributed by atoms with van der Waals surface area (Å²) in [5, 5.41) is 7.73. The van der Waals surface area contributed by atoms with Gasteiger partial charge in [0.2, 0.25) is 11.8 Å². The molecule has 2 fully saturated rings. The molecule has 3 atom stereocenters. The molecule has 2 aromatic rings. The van der Waals surface area contributed by atoms with Crippen molar-refractivity contribution in [2.24, 2.45) is 5.92 Å². The second-order valence-electron chi connectivity index (χ2n) is 12.5. The highest BCUT2D eigenvalue weighted by Crippen LogP contribution is 2.27. The van der Waals surface area contributed by atoms with Crippen LogP contribution in [0.25, 0.3) is 0 Å². The van der Waals surface area contributed by atoms with E-state index < -0.39 is 29.5 Å². The van der Waals surface area contributed by atoms with Gasteiger partial charge in [-0.1, -0.05) is 31.7 Å². The molecule has 0 unspecified atom stereocenters. The first-order valence-electron chi connectivity index (χ1n) is 15.9. The van der Waals surface area contributed by atoms with Crippen molar-refractivity contribution in [2.45, 2.75) is 82.5 Å². The van der Waals surface area contributed by atoms with Crippen molar-refractivity contribution in [2.75, 3.05) is 40.8 Å². The lowest BCUT2D eigenvalue weighted by Crippen LogP contribution is -2.60. The van der Waals surface area contributed by atoms with E-state index in [4.69, 9.17) is 0 Å². The monoisotopic (exact) mass is 631 g/mol. The van der Waals surface area contributed by atoms with E-state index in [0.29, 0.717) is 31.6 Å². The first-order chi connectivity index (χ1) is 21.1. The largest absolute Gasteiger partial charge is 0.351 e. The molecule has 3 amide bonds. The molecule has 1 aliphatic carbocycles. The van der Waals surface area contributed by atoms with Crippen molar-refractivity contribution in [3.8, 4) is 0 Å². The lowest BCUT2D eigenvalue weighted by Gasteiger charge is -2.42. The van der Waals surface area contributed by atoms with E-state index in [0.717, 1.165) is 55.7 Å². The van der Waals surface area contributed by atoms with Gasteiger partial charge in [-0.15, -0.1) is 11.3 Å². The number of nitrogens with zero attached hydrogens (tertiary/aromatic N) is 3. The quantitative estimate of drug-likeness (QED) is 0.315. The molecule has 44 heavy (non-hydrogen) atoms. The van der Waals surface area contributed by atoms with Crippen LogP contribution in [0.2, 0.25) is 0 Å². The summed E-state index contributed by atoms with van der Waals surface area (Å²) in [5.74, 6) is -3.42. The van der Waals surface area contributed by atoms with Gasteiger partial charge in [-0.3, -0.25) is 19.3 Å². The highest BCUT2D eigenvalue weighted by molar-refractivity contribution is 7.09. The Hall–Kier alpha value is -2.89. The molecule has 4 rings (SSSR count). The maximum atomic E-state index is 14.4. The van der Waals surface area contributed by atoms with Crippen molar-refractivity contribution in [3.05, 3.63) is 57.8 Å². The molecule has 0 bridgehead atoms. The van der Waals surface area contributed by atoms with Crippen molar-refractivity contribution in [1.29, 1.82) is 0 Å². The summed E-state index contributed by atoms with van der Waals surface area (Å²) in [4.78, 5) is 48.1. The number of halogens is 2. The number of unbranched alkanes of at least 4 members (excludes halogenated alkanes) is 1. The van der Waals surface area contributed by atoms with Crippen LogP contribution in [0, 0.1) is 17.6 Å². The fraction of sp³-hybridized carbons (Fsp3) is 0.606. The van der Waals surface area contributed by atoms with Crippen LogP contribution < -0.4 is 10.6 Å². The Bertz CT molecular complexity index is 1240. The third-order valence-electron chi connectivity index (χ3n) is 9.03. The normalized spacial score (nSPS) is 20.1. The Balaban J connectivity index is 1.50. The van der Waals surface area contributed by atoms with E-state index >= 15 is 0 Å². The molecule has 1 aromatic carbocycles. The Morgan fingerprint density at radius 1 is 1.05 bits per heavy atom. The number of hydrogen-bond donors (Lipinski definition) is 2. The Kier molecular flexibility index (Phi) is 12.7. The number of likely N-dealkylation sites (tertiary alicyclic amines) is 1. The smallest absolute Gasteiger partial charge is 0.254 e. The highest BCUT2D eigenvalue weighted by atomic mass is 32.1. The first kappa shape index (κ1) is 34.0. The Morgan fingerprint density at radius 2 is 1.82 bits per heavy atom. The summed E-state index contributed by atoms with van der Waals surface area (Å²) < 4.78 is 27.9. The molecule has 8 nitrogen and oxygen atoms in total. The lowest BCUT2D eigenvalue weighted by atomic mass is 9.89. The van der Waals surface area contributed by atoms with Crippen LogP contribution in [0.3, 0.4) is 0 Å². The topological polar surface area (TPSA) is 85.0 Å². The summed E-state index contributed by atoms with van der Waals surface area (Å²) in [6, 6.07) is 6.11. The van der Waals surface area contributed by atoms with E-state index in [2.05, 4.69) is 27.5 Å². The number of thiophene rings is 1. The molecular formula is C33H47F2N5O3S. The number of nitrogens with one attached hydrogen (secondary N) is 2. The summed E-state index contributed by atoms with van der Waals surface area (Å²) >= 11 is 1.53. The minimum Gasteiger partial charge on any atom is -0.351 e. The average molecular weight is 632 g/mol. The van der Waals surface area contributed by atoms with Crippen LogP contribution in [-0.4, -0.2) is 91.3 Å². The van der Waals surface area contributed by atoms with Gasteiger partial charge >= 0.3 is 0 Å². The van der Waals surface area contributed by atoms with Crippen molar-refractivity contribution in [1.82, 2.24) is 25.3 Å². The molecule has 2 N–H and O–H groups in total. The maximum Gasteiger partial charge on any atom is 0.254 e. The molecule has 1 saturated carbocycles. The highest BCUT2D eigenvalue weighted by Gasteiger charge is 2.40. The number of carbonyl (C=O) groups is 3. The summed E-state index contributed by atoms with van der Waals surface area (Å²) in [6.45, 7) is 1.82. The number of piperidine rings is 1. The van der Waals surface area contributed by atoms with Crippen LogP contribution in [0.1, 0.15) is 73.0 Å². The van der Waals surface area contributed by atoms with Crippen molar-refractivity contribution >= 4 is 29.1 Å². The van der Waals surface area contributed by atoms with Gasteiger partial charge in [-0.25, -0.2) is 8.78 Å². The molecule has 1 saturated heterocycles. The van der Waals surface area contributed by atoms with E-state index in [1.54, 1.807) is 4.90 Å². The first-order valence-corrected chi connectivity index (χ1v) is 16.7. The predicted molar refractivity (Wildman–Crippen MR) is 169 cm³/mol. The number of benzene rings is 1. The average Bonchev–Trinajstić information content (AvgIpc) is 3.53. The molecule has 242 valence electrons. The van der Waals surface area contributed by atoms with E-state index in [9.17, 15) is 23.2 Å². The molecule has 1 aliphatic heterocycles. The second-order valence-corrected chi connectivity index (χ2v) is 13.5. The standard InChI is InChI=1S/C33H47F2N5O3S/c1-38(2)17-8-7-13-30(39(3)24-10-5-4-6-11-24)33(43)40-18-16-29(37-32(42)26-15-14-23(34)20-28(26)35)27(22-40)31(41)36-21-25-12-9-19-44-25/h9,12,14-15,19-20,24,27,29-30H,4-8,10-11,13,16-18,21-22H2,1-3H3,(H,36,41)(H,37,42)/t27-,29+,30+/m0/s1. The van der Waals surface area contributed by atoms with E-state index in [1.165, 1.54) is 30.6 Å². The Labute approximate surface area is 264 Å². The summed E-state index contributed by atoms with van der Waals surface area (Å²) in [6.07, 6.45) is 8.75. The number of rotatable bonds is 13. The van der Waals surface area contributed by atoms with Gasteiger partial charge in [0, 0.05) is 36.1 Å². The molecule has 2 heterocycles. The molecular weight excluding hydrogens is 584 g/mol. The molecule has 11 heteroatoms. The minimum atomic E-state index is -0.961. The SMILES string of the molecule is CN(C)CCCC[C@H](C(=O)N1CC[C@@H](NC(=O)c2ccc(F)cc2F)[C@@H](C(=O)NCc2cccs2)C1)N(C)C1CCCCC1. The second kappa shape index (κ2) is 16.4. The third kappa shape index (κ3) is 9.31. The van der Waals surface area contributed by atoms with Crippen LogP contribution in [0.5, 0.6) is 0 Å². The number of carbonyl (C=O) groups excluding carboxylic acids is 3. The third-order valence-corrected chi connectivity index (χ3v) is 9.91. The lowest BCUT2D eigenvalue weighted by molar-refractivity contribution is -0.142. The van der Waals surface area contributed by atoms with Gasteiger partial charge in [-0.05, 0) is 83.4 Å². The maximum absolute atomic E-state index is 14.4. The minimum absolute atomic E-state index is 0.0216. The fourth-order valence-corrected chi connectivity index (χ4v) is 7.09. The fourth-order valence-electron chi connectivity index (χ4n) is 6.45. The Morgan fingerprint density at radius 3 is 2.50 bits per heavy atom. The zero-order chi connectivity index (χ0) is 31.6. The summed E-state index contributed by atoms with van der Waals surface area (Å²) in [7, 11) is 6.17. The van der Waals surface area contributed by atoms with Crippen LogP contribution in [0.15, 0.2) is 35.7 Å². The zero-order valence-electron chi connectivity index (χ0n) is 26.2. The van der Waals surface area contributed by atoms with E-state index in [1.807, 2.05) is 31.6 Å². The van der Waals surface area contributed by atoms with Crippen molar-refractivity contribution < 1.29 is 23.2 Å². The molecule has 2 aliphatic rings. The molecule has 0 radical (unpaired) electrons. The van der Waals surface area contributed by atoms with Gasteiger partial charge in [-0.2, -0.15) is 0 Å². The number of hydrogen-bond acceptors (Lipinski definition) is 6. The van der Waals surface area contributed by atoms with Crippen molar-refractivity contribution in [3.63, 3.8) is 0 Å². The van der Waals surface area contributed by atoms with Crippen LogP contribution in [0.4, 0.5) is 8.78 Å². The number of likely N-dealkylation sites (N-methyl/N-ethyl adjacent to an activating group) is 1.